The van der Waals surface area contributed by atoms with Gasteiger partial charge in [0, 0.05) is 34.4 Å². The molecule has 3 rings (SSSR count). The van der Waals surface area contributed by atoms with Gasteiger partial charge in [-0.05, 0) is 19.9 Å². The van der Waals surface area contributed by atoms with E-state index in [0.717, 1.165) is 27.6 Å². The highest BCUT2D eigenvalue weighted by molar-refractivity contribution is 7.09. The van der Waals surface area contributed by atoms with Gasteiger partial charge in [-0.3, -0.25) is 14.2 Å². The molecule has 0 aliphatic rings. The van der Waals surface area contributed by atoms with Gasteiger partial charge in [0.15, 0.2) is 0 Å². The van der Waals surface area contributed by atoms with Crippen molar-refractivity contribution in [1.29, 1.82) is 0 Å². The monoisotopic (exact) mass is 386 g/mol. The minimum atomic E-state index is -0.310. The van der Waals surface area contributed by atoms with Gasteiger partial charge in [0.1, 0.15) is 12.4 Å². The predicted molar refractivity (Wildman–Crippen MR) is 105 cm³/mol. The van der Waals surface area contributed by atoms with Crippen LogP contribution in [0.3, 0.4) is 0 Å². The van der Waals surface area contributed by atoms with Crippen molar-refractivity contribution in [2.24, 2.45) is 0 Å². The van der Waals surface area contributed by atoms with Gasteiger partial charge in [-0.25, -0.2) is 9.97 Å². The summed E-state index contributed by atoms with van der Waals surface area (Å²) in [5.74, 6) is 0.521. The van der Waals surface area contributed by atoms with Crippen molar-refractivity contribution in [2.45, 2.75) is 46.6 Å². The Bertz CT molecular complexity index is 1030. The Hall–Kier alpha value is -2.81. The van der Waals surface area contributed by atoms with Crippen molar-refractivity contribution in [1.82, 2.24) is 24.3 Å². The van der Waals surface area contributed by atoms with Crippen LogP contribution in [0.25, 0.3) is 5.95 Å². The number of carbonyl (C=O) groups excluding carboxylic acids is 1. The van der Waals surface area contributed by atoms with Gasteiger partial charge in [-0.2, -0.15) is 9.78 Å². The van der Waals surface area contributed by atoms with Crippen LogP contribution in [0.2, 0.25) is 0 Å². The normalized spacial score (nSPS) is 11.6. The third-order valence-corrected chi connectivity index (χ3v) is 5.16. The van der Waals surface area contributed by atoms with Crippen molar-refractivity contribution in [2.75, 3.05) is 5.32 Å². The molecule has 0 saturated carbocycles. The molecular formula is C18H22N6O2S. The van der Waals surface area contributed by atoms with E-state index in [1.165, 1.54) is 9.25 Å². The molecule has 0 aromatic carbocycles. The smallest absolute Gasteiger partial charge is 0.308 e. The highest BCUT2D eigenvalue weighted by Gasteiger charge is 2.22. The summed E-state index contributed by atoms with van der Waals surface area (Å²) in [6, 6.07) is 3.52. The molecule has 0 atom stereocenters. The Kier molecular flexibility index (Phi) is 4.97. The van der Waals surface area contributed by atoms with E-state index in [-0.39, 0.29) is 22.7 Å². The summed E-state index contributed by atoms with van der Waals surface area (Å²) in [6.07, 6.45) is 3.23. The maximum absolute atomic E-state index is 12.6. The average Bonchev–Trinajstić information content (AvgIpc) is 3.12. The average molecular weight is 386 g/mol. The zero-order chi connectivity index (χ0) is 19.8. The molecular weight excluding hydrogens is 364 g/mol. The molecule has 27 heavy (non-hydrogen) atoms. The summed E-state index contributed by atoms with van der Waals surface area (Å²) >= 11 is 1.14. The molecule has 0 spiro atoms. The van der Waals surface area contributed by atoms with Crippen LogP contribution in [-0.4, -0.2) is 30.2 Å². The van der Waals surface area contributed by atoms with E-state index in [9.17, 15) is 9.59 Å². The molecule has 1 amide bonds. The molecule has 8 nitrogen and oxygen atoms in total. The molecule has 0 fully saturated rings. The van der Waals surface area contributed by atoms with E-state index < -0.39 is 0 Å². The van der Waals surface area contributed by atoms with E-state index in [2.05, 4.69) is 20.4 Å². The second-order valence-corrected chi connectivity index (χ2v) is 8.44. The van der Waals surface area contributed by atoms with E-state index >= 15 is 0 Å². The lowest BCUT2D eigenvalue weighted by atomic mass is 9.92. The van der Waals surface area contributed by atoms with Gasteiger partial charge in [-0.15, -0.1) is 0 Å². The maximum atomic E-state index is 12.6. The van der Waals surface area contributed by atoms with Gasteiger partial charge in [0.25, 0.3) is 5.95 Å². The number of aryl methyl sites for hydroxylation is 1. The van der Waals surface area contributed by atoms with Crippen LogP contribution in [0.15, 0.2) is 29.3 Å². The van der Waals surface area contributed by atoms with Crippen molar-refractivity contribution >= 4 is 23.1 Å². The fourth-order valence-electron chi connectivity index (χ4n) is 2.49. The predicted octanol–water partition coefficient (Wildman–Crippen LogP) is 2.44. The zero-order valence-corrected chi connectivity index (χ0v) is 16.8. The molecule has 0 saturated heterocycles. The van der Waals surface area contributed by atoms with Crippen LogP contribution in [0.1, 0.15) is 37.0 Å². The van der Waals surface area contributed by atoms with Crippen molar-refractivity contribution in [3.05, 3.63) is 50.5 Å². The molecule has 1 N–H and O–H groups in total. The topological polar surface area (TPSA) is 94.7 Å². The lowest BCUT2D eigenvalue weighted by Crippen LogP contribution is -2.26. The number of anilines is 1. The number of hydrogen-bond donors (Lipinski definition) is 1. The highest BCUT2D eigenvalue weighted by atomic mass is 32.1. The van der Waals surface area contributed by atoms with Gasteiger partial charge in [0.05, 0.1) is 5.69 Å². The summed E-state index contributed by atoms with van der Waals surface area (Å²) in [5, 5.41) is 7.40. The Morgan fingerprint density at radius 1 is 1.22 bits per heavy atom. The quantitative estimate of drug-likeness (QED) is 0.743. The first-order valence-corrected chi connectivity index (χ1v) is 9.33. The summed E-state index contributed by atoms with van der Waals surface area (Å²) in [5.41, 5.74) is 1.39. The van der Waals surface area contributed by atoms with E-state index in [4.69, 9.17) is 0 Å². The molecule has 9 heteroatoms. The molecule has 0 unspecified atom stereocenters. The fourth-order valence-corrected chi connectivity index (χ4v) is 3.32. The first-order valence-electron chi connectivity index (χ1n) is 8.51. The number of rotatable bonds is 4. The van der Waals surface area contributed by atoms with Gasteiger partial charge < -0.3 is 5.32 Å². The number of amides is 1. The van der Waals surface area contributed by atoms with Gasteiger partial charge >= 0.3 is 4.87 Å². The number of hydrogen-bond acceptors (Lipinski definition) is 6. The first-order chi connectivity index (χ1) is 12.7. The SMILES string of the molecule is Cc1sc(=O)n(CC(=O)Nc2cc(C(C)(C)C)nn2-c2ncccn2)c1C. The molecule has 0 bridgehead atoms. The first kappa shape index (κ1) is 19.0. The Morgan fingerprint density at radius 3 is 2.44 bits per heavy atom. The molecule has 0 radical (unpaired) electrons. The Labute approximate surface area is 160 Å². The second-order valence-electron chi connectivity index (χ2n) is 7.27. The summed E-state index contributed by atoms with van der Waals surface area (Å²) in [4.78, 5) is 33.8. The van der Waals surface area contributed by atoms with Crippen molar-refractivity contribution in [3.8, 4) is 5.95 Å². The molecule has 0 aliphatic carbocycles. The van der Waals surface area contributed by atoms with Crippen LogP contribution in [-0.2, 0) is 16.8 Å². The number of aromatic nitrogens is 5. The molecule has 3 heterocycles. The fraction of sp³-hybridized carbons (Fsp3) is 0.389. The summed E-state index contributed by atoms with van der Waals surface area (Å²) in [7, 11) is 0. The van der Waals surface area contributed by atoms with Crippen LogP contribution >= 0.6 is 11.3 Å². The lowest BCUT2D eigenvalue weighted by molar-refractivity contribution is -0.116. The number of carbonyl (C=O) groups is 1. The second kappa shape index (κ2) is 7.07. The third kappa shape index (κ3) is 3.97. The van der Waals surface area contributed by atoms with E-state index in [1.54, 1.807) is 18.5 Å². The van der Waals surface area contributed by atoms with Gasteiger partial charge in [0.2, 0.25) is 5.91 Å². The highest BCUT2D eigenvalue weighted by Crippen LogP contribution is 2.25. The summed E-state index contributed by atoms with van der Waals surface area (Å²) in [6.45, 7) is 9.75. The van der Waals surface area contributed by atoms with Crippen LogP contribution < -0.4 is 10.2 Å². The zero-order valence-electron chi connectivity index (χ0n) is 16.0. The Balaban J connectivity index is 1.92. The maximum Gasteiger partial charge on any atom is 0.308 e. The van der Waals surface area contributed by atoms with Crippen molar-refractivity contribution in [3.63, 3.8) is 0 Å². The van der Waals surface area contributed by atoms with Crippen molar-refractivity contribution < 1.29 is 4.79 Å². The van der Waals surface area contributed by atoms with Crippen LogP contribution in [0.5, 0.6) is 0 Å². The minimum absolute atomic E-state index is 0.0549. The number of nitrogens with one attached hydrogen (secondary N) is 1. The minimum Gasteiger partial charge on any atom is -0.309 e. The Morgan fingerprint density at radius 2 is 1.89 bits per heavy atom. The molecule has 3 aromatic heterocycles. The summed E-state index contributed by atoms with van der Waals surface area (Å²) < 4.78 is 2.98. The molecule has 0 aliphatic heterocycles. The molecule has 142 valence electrons. The van der Waals surface area contributed by atoms with Crippen LogP contribution in [0, 0.1) is 13.8 Å². The third-order valence-electron chi connectivity index (χ3n) is 4.16. The van der Waals surface area contributed by atoms with E-state index in [1.807, 2.05) is 40.7 Å². The standard InChI is InChI=1S/C18H22N6O2S/c1-11-12(2)27-17(26)23(11)10-15(25)21-14-9-13(18(3,4)5)22-24(14)16-19-7-6-8-20-16/h6-9H,10H2,1-5H3,(H,21,25). The number of nitrogens with zero attached hydrogens (tertiary/aromatic N) is 5. The van der Waals surface area contributed by atoms with Gasteiger partial charge in [-0.1, -0.05) is 32.1 Å². The van der Waals surface area contributed by atoms with E-state index in [0.29, 0.717) is 11.8 Å². The largest absolute Gasteiger partial charge is 0.309 e. The van der Waals surface area contributed by atoms with Crippen LogP contribution in [0.4, 0.5) is 5.82 Å². The lowest BCUT2D eigenvalue weighted by Gasteiger charge is -2.13. The molecule has 3 aromatic rings. The number of thiazole rings is 1.